The number of halogens is 2. The first-order valence-corrected chi connectivity index (χ1v) is 9.42. The Kier molecular flexibility index (Phi) is 21.9. The fraction of sp³-hybridized carbons (Fsp3) is 0.200. The quantitative estimate of drug-likeness (QED) is 0.258. The summed E-state index contributed by atoms with van der Waals surface area (Å²) in [6.07, 6.45) is -0.378. The van der Waals surface area contributed by atoms with E-state index in [1.165, 1.54) is 11.0 Å². The number of aromatic carboxylic acids is 3. The molecule has 0 aliphatic rings. The Hall–Kier alpha value is 0.860. The maximum atomic E-state index is 11.3. The van der Waals surface area contributed by atoms with Crippen LogP contribution in [0.4, 0.5) is 0 Å². The van der Waals surface area contributed by atoms with Crippen LogP contribution in [-0.2, 0) is 17.9 Å². The summed E-state index contributed by atoms with van der Waals surface area (Å²) in [6, 6.07) is 5.73. The summed E-state index contributed by atoms with van der Waals surface area (Å²) in [4.78, 5) is 45.8. The largest absolute Gasteiger partial charge is 1.00 e. The molecule has 0 radical (unpaired) electrons. The van der Waals surface area contributed by atoms with Gasteiger partial charge >= 0.3 is 118 Å². The molecule has 164 valence electrons. The van der Waals surface area contributed by atoms with Crippen molar-refractivity contribution < 1.29 is 158 Å². The fourth-order valence-corrected chi connectivity index (χ4v) is 3.46. The average molecular weight is 558 g/mol. The third kappa shape index (κ3) is 12.5. The van der Waals surface area contributed by atoms with Gasteiger partial charge in [-0.05, 0) is 30.2 Å². The van der Waals surface area contributed by atoms with Crippen molar-refractivity contribution in [2.75, 3.05) is 6.54 Å². The van der Waals surface area contributed by atoms with E-state index >= 15 is 0 Å². The zero-order valence-electron chi connectivity index (χ0n) is 19.7. The molecule has 2 aromatic rings. The number of benzene rings is 2. The molecule has 0 unspecified atom stereocenters. The molecule has 0 bridgehead atoms. The molecular weight excluding hydrogens is 545 g/mol. The molecule has 0 N–H and O–H groups in total. The van der Waals surface area contributed by atoms with Crippen LogP contribution in [0.1, 0.15) is 48.6 Å². The van der Waals surface area contributed by atoms with E-state index in [4.69, 9.17) is 23.2 Å². The minimum atomic E-state index is -1.72. The first-order chi connectivity index (χ1) is 14.5. The van der Waals surface area contributed by atoms with E-state index in [1.807, 2.05) is 0 Å². The smallest absolute Gasteiger partial charge is 0.550 e. The summed E-state index contributed by atoms with van der Waals surface area (Å²) in [5.74, 6) is -6.22. The molecule has 0 spiro atoms. The van der Waals surface area contributed by atoms with Crippen molar-refractivity contribution in [3.8, 4) is 0 Å². The van der Waals surface area contributed by atoms with Crippen LogP contribution in [0.5, 0.6) is 0 Å². The topological polar surface area (TPSA) is 164 Å². The summed E-state index contributed by atoms with van der Waals surface area (Å²) < 4.78 is 0. The summed E-state index contributed by atoms with van der Waals surface area (Å²) in [5.41, 5.74) is -0.753. The van der Waals surface area contributed by atoms with Gasteiger partial charge < -0.3 is 39.6 Å². The van der Waals surface area contributed by atoms with Gasteiger partial charge in [0.25, 0.3) is 0 Å². The van der Waals surface area contributed by atoms with Crippen molar-refractivity contribution in [2.24, 2.45) is 0 Å². The minimum absolute atomic E-state index is 0. The number of carbonyl (C=O) groups excluding carboxylic acids is 4. The molecule has 0 aromatic heterocycles. The molecule has 0 aliphatic heterocycles. The molecular formula is C20H13Cl2NNa4O8. The van der Waals surface area contributed by atoms with Gasteiger partial charge in [0.2, 0.25) is 0 Å². The molecule has 0 heterocycles. The van der Waals surface area contributed by atoms with Crippen LogP contribution in [0.15, 0.2) is 30.3 Å². The van der Waals surface area contributed by atoms with Gasteiger partial charge in [0.15, 0.2) is 0 Å². The van der Waals surface area contributed by atoms with Crippen molar-refractivity contribution in [2.45, 2.75) is 19.5 Å². The van der Waals surface area contributed by atoms with Crippen molar-refractivity contribution in [3.05, 3.63) is 68.2 Å². The third-order valence-electron chi connectivity index (χ3n) is 4.32. The molecule has 35 heavy (non-hydrogen) atoms. The van der Waals surface area contributed by atoms with Crippen LogP contribution in [0, 0.1) is 0 Å². The van der Waals surface area contributed by atoms with Crippen LogP contribution >= 0.6 is 23.2 Å². The number of aliphatic carboxylic acids is 1. The Balaban J connectivity index is -0.00000256. The van der Waals surface area contributed by atoms with Gasteiger partial charge in [0.05, 0.1) is 17.9 Å². The molecule has 0 aliphatic carbocycles. The summed E-state index contributed by atoms with van der Waals surface area (Å²) >= 11 is 12.2. The van der Waals surface area contributed by atoms with Crippen molar-refractivity contribution >= 4 is 47.1 Å². The van der Waals surface area contributed by atoms with Crippen molar-refractivity contribution in [1.29, 1.82) is 0 Å². The normalized spacial score (nSPS) is 9.57. The molecule has 0 saturated carbocycles. The van der Waals surface area contributed by atoms with E-state index in [2.05, 4.69) is 0 Å². The number of carboxylic acids is 4. The van der Waals surface area contributed by atoms with E-state index < -0.39 is 35.0 Å². The second-order valence-corrected chi connectivity index (χ2v) is 7.31. The van der Waals surface area contributed by atoms with Crippen LogP contribution < -0.4 is 139 Å². The Morgan fingerprint density at radius 3 is 1.66 bits per heavy atom. The third-order valence-corrected chi connectivity index (χ3v) is 5.00. The number of carbonyl (C=O) groups is 4. The molecule has 0 amide bonds. The van der Waals surface area contributed by atoms with Crippen molar-refractivity contribution in [1.82, 2.24) is 4.90 Å². The number of nitrogens with zero attached hydrogens (tertiary/aromatic N) is 1. The van der Waals surface area contributed by atoms with Crippen molar-refractivity contribution in [3.63, 3.8) is 0 Å². The first-order valence-electron chi connectivity index (χ1n) is 8.66. The van der Waals surface area contributed by atoms with E-state index in [-0.39, 0.29) is 160 Å². The Labute approximate surface area is 299 Å². The Bertz CT molecular complexity index is 1050. The standard InChI is InChI=1S/C20H17Cl2NO8.4Na/c21-15-6-11(18(26)27)7-16(22)14(15)9-23(4-3-17(24)25)8-10-1-2-12(19(28)29)13(5-10)20(30)31;;;;/h1-2,5-7H,3-4,8-9H2,(H,24,25)(H,26,27)(H,28,29)(H,30,31);;;;/q;4*+1/p-4. The molecule has 0 atom stereocenters. The fourth-order valence-electron chi connectivity index (χ4n) is 2.85. The SMILES string of the molecule is O=C([O-])CCN(Cc1ccc(C(=O)[O-])c(C(=O)[O-])c1)Cc1c(Cl)cc(C(=O)[O-])cc1Cl.[Na+].[Na+].[Na+].[Na+]. The van der Waals surface area contributed by atoms with Crippen LogP contribution in [0.3, 0.4) is 0 Å². The maximum absolute atomic E-state index is 11.3. The van der Waals surface area contributed by atoms with Gasteiger partial charge in [0, 0.05) is 57.9 Å². The minimum Gasteiger partial charge on any atom is -0.550 e. The monoisotopic (exact) mass is 557 g/mol. The predicted molar refractivity (Wildman–Crippen MR) is 99.6 cm³/mol. The Morgan fingerprint density at radius 1 is 0.714 bits per heavy atom. The average Bonchev–Trinajstić information content (AvgIpc) is 2.67. The molecule has 15 heteroatoms. The maximum Gasteiger partial charge on any atom is 1.00 e. The summed E-state index contributed by atoms with van der Waals surface area (Å²) in [5, 5.41) is 44.3. The Morgan fingerprint density at radius 2 is 1.23 bits per heavy atom. The zero-order valence-corrected chi connectivity index (χ0v) is 29.2. The van der Waals surface area contributed by atoms with Gasteiger partial charge in [-0.15, -0.1) is 0 Å². The van der Waals surface area contributed by atoms with E-state index in [9.17, 15) is 39.6 Å². The van der Waals surface area contributed by atoms with Crippen LogP contribution in [-0.4, -0.2) is 35.3 Å². The number of hydrogen-bond donors (Lipinski definition) is 0. The van der Waals surface area contributed by atoms with Gasteiger partial charge in [-0.3, -0.25) is 4.90 Å². The molecule has 9 nitrogen and oxygen atoms in total. The van der Waals surface area contributed by atoms with Gasteiger partial charge in [-0.2, -0.15) is 0 Å². The second kappa shape index (κ2) is 19.0. The number of hydrogen-bond acceptors (Lipinski definition) is 9. The predicted octanol–water partition coefficient (Wildman–Crippen LogP) is -13.8. The molecule has 0 saturated heterocycles. The van der Waals surface area contributed by atoms with Gasteiger partial charge in [0.1, 0.15) is 0 Å². The number of rotatable bonds is 10. The van der Waals surface area contributed by atoms with Crippen LogP contribution in [0.2, 0.25) is 10.0 Å². The second-order valence-electron chi connectivity index (χ2n) is 6.49. The molecule has 0 fully saturated rings. The number of carboxylic acid groups (broad SMARTS) is 4. The first kappa shape index (κ1) is 40.4. The summed E-state index contributed by atoms with van der Waals surface area (Å²) in [6.45, 7) is -0.100. The van der Waals surface area contributed by atoms with Gasteiger partial charge in [-0.1, -0.05) is 35.3 Å². The summed E-state index contributed by atoms with van der Waals surface area (Å²) in [7, 11) is 0. The van der Waals surface area contributed by atoms with Crippen LogP contribution in [0.25, 0.3) is 0 Å². The molecule has 2 aromatic carbocycles. The van der Waals surface area contributed by atoms with Gasteiger partial charge in [-0.25, -0.2) is 0 Å². The molecule has 2 rings (SSSR count). The zero-order chi connectivity index (χ0) is 23.3. The van der Waals surface area contributed by atoms with E-state index in [0.29, 0.717) is 11.1 Å². The van der Waals surface area contributed by atoms with E-state index in [1.54, 1.807) is 0 Å². The van der Waals surface area contributed by atoms with E-state index in [0.717, 1.165) is 24.3 Å².